The van der Waals surface area contributed by atoms with Crippen LogP contribution in [0.4, 0.5) is 0 Å². The van der Waals surface area contributed by atoms with Gasteiger partial charge in [0.25, 0.3) is 0 Å². The lowest BCUT2D eigenvalue weighted by molar-refractivity contribution is 0.0917. The molecule has 2 N–H and O–H groups in total. The summed E-state index contributed by atoms with van der Waals surface area (Å²) in [5.41, 5.74) is 1.39. The summed E-state index contributed by atoms with van der Waals surface area (Å²) in [6, 6.07) is 12.1. The van der Waals surface area contributed by atoms with Crippen LogP contribution in [0.25, 0.3) is 0 Å². The zero-order chi connectivity index (χ0) is 15.1. The molecule has 1 heterocycles. The second-order valence-corrected chi connectivity index (χ2v) is 6.46. The highest BCUT2D eigenvalue weighted by molar-refractivity contribution is 5.14. The van der Waals surface area contributed by atoms with Crippen LogP contribution >= 0.6 is 0 Å². The molecule has 0 spiro atoms. The molecule has 1 aromatic rings. The summed E-state index contributed by atoms with van der Waals surface area (Å²) in [6.07, 6.45) is 4.67. The Labute approximate surface area is 129 Å². The summed E-state index contributed by atoms with van der Waals surface area (Å²) < 4.78 is 0. The second-order valence-electron chi connectivity index (χ2n) is 6.46. The number of aliphatic hydroxyl groups excluding tert-OH is 1. The van der Waals surface area contributed by atoms with Crippen molar-refractivity contribution in [3.8, 4) is 0 Å². The average Bonchev–Trinajstić information content (AvgIpc) is 2.48. The summed E-state index contributed by atoms with van der Waals surface area (Å²) >= 11 is 0. The molecule has 2 rings (SSSR count). The van der Waals surface area contributed by atoms with Gasteiger partial charge in [-0.1, -0.05) is 50.6 Å². The van der Waals surface area contributed by atoms with E-state index in [-0.39, 0.29) is 6.61 Å². The Bertz CT molecular complexity index is 393. The molecule has 1 aliphatic rings. The molecule has 0 aromatic heterocycles. The van der Waals surface area contributed by atoms with Gasteiger partial charge in [0.1, 0.15) is 0 Å². The van der Waals surface area contributed by atoms with Gasteiger partial charge in [-0.15, -0.1) is 0 Å². The van der Waals surface area contributed by atoms with E-state index in [0.717, 1.165) is 13.0 Å². The molecule has 21 heavy (non-hydrogen) atoms. The van der Waals surface area contributed by atoms with Gasteiger partial charge in [0, 0.05) is 31.3 Å². The molecule has 2 atom stereocenters. The van der Waals surface area contributed by atoms with E-state index in [1.807, 2.05) is 0 Å². The average molecular weight is 290 g/mol. The van der Waals surface area contributed by atoms with Crippen molar-refractivity contribution in [1.29, 1.82) is 0 Å². The molecular formula is C18H30N2O. The first-order valence-corrected chi connectivity index (χ1v) is 8.35. The smallest absolute Gasteiger partial charge is 0.0446 e. The minimum atomic E-state index is 0.264. The molecule has 118 valence electrons. The predicted molar refractivity (Wildman–Crippen MR) is 88.3 cm³/mol. The Hall–Kier alpha value is -0.900. The molecule has 0 unspecified atom stereocenters. The monoisotopic (exact) mass is 290 g/mol. The van der Waals surface area contributed by atoms with Crippen molar-refractivity contribution < 1.29 is 5.11 Å². The van der Waals surface area contributed by atoms with Gasteiger partial charge in [0.15, 0.2) is 0 Å². The molecule has 0 bridgehead atoms. The molecule has 1 aliphatic heterocycles. The van der Waals surface area contributed by atoms with E-state index in [9.17, 15) is 5.11 Å². The lowest BCUT2D eigenvalue weighted by Crippen LogP contribution is -2.53. The van der Waals surface area contributed by atoms with Crippen LogP contribution < -0.4 is 5.32 Å². The summed E-state index contributed by atoms with van der Waals surface area (Å²) in [7, 11) is 0. The van der Waals surface area contributed by atoms with Gasteiger partial charge in [0.05, 0.1) is 0 Å². The molecule has 1 saturated heterocycles. The van der Waals surface area contributed by atoms with Gasteiger partial charge in [-0.3, -0.25) is 4.90 Å². The van der Waals surface area contributed by atoms with E-state index in [4.69, 9.17) is 0 Å². The van der Waals surface area contributed by atoms with Gasteiger partial charge in [0.2, 0.25) is 0 Å². The maximum absolute atomic E-state index is 9.40. The third kappa shape index (κ3) is 5.10. The molecule has 3 heteroatoms. The van der Waals surface area contributed by atoms with Crippen molar-refractivity contribution in [1.82, 2.24) is 10.2 Å². The predicted octanol–water partition coefficient (Wildman–Crippen LogP) is 2.79. The number of nitrogens with zero attached hydrogens (tertiary/aromatic N) is 1. The maximum atomic E-state index is 9.40. The topological polar surface area (TPSA) is 35.5 Å². The summed E-state index contributed by atoms with van der Waals surface area (Å²) in [4.78, 5) is 2.61. The van der Waals surface area contributed by atoms with Crippen LogP contribution in [0.2, 0.25) is 0 Å². The first-order chi connectivity index (χ1) is 10.2. The highest BCUT2D eigenvalue weighted by Gasteiger charge is 2.29. The zero-order valence-corrected chi connectivity index (χ0v) is 13.5. The SMILES string of the molecule is CC(C)N[C@H](CCO)[C@H]1CCCCN1Cc1ccccc1. The number of piperidine rings is 1. The fraction of sp³-hybridized carbons (Fsp3) is 0.667. The number of rotatable bonds is 7. The van der Waals surface area contributed by atoms with Crippen LogP contribution in [-0.4, -0.2) is 41.3 Å². The number of likely N-dealkylation sites (tertiary alicyclic amines) is 1. The highest BCUT2D eigenvalue weighted by atomic mass is 16.3. The molecular weight excluding hydrogens is 260 g/mol. The summed E-state index contributed by atoms with van der Waals surface area (Å²) in [5, 5.41) is 13.1. The van der Waals surface area contributed by atoms with Gasteiger partial charge in [-0.05, 0) is 31.4 Å². The Kier molecular flexibility index (Phi) is 6.68. The second kappa shape index (κ2) is 8.52. The van der Waals surface area contributed by atoms with E-state index < -0.39 is 0 Å². The minimum Gasteiger partial charge on any atom is -0.396 e. The Balaban J connectivity index is 2.05. The summed E-state index contributed by atoms with van der Waals surface area (Å²) in [5.74, 6) is 0. The molecule has 0 aliphatic carbocycles. The van der Waals surface area contributed by atoms with E-state index in [0.29, 0.717) is 18.1 Å². The number of aliphatic hydroxyl groups is 1. The number of benzene rings is 1. The van der Waals surface area contributed by atoms with Crippen LogP contribution in [0.5, 0.6) is 0 Å². The molecule has 0 radical (unpaired) electrons. The third-order valence-electron chi connectivity index (χ3n) is 4.34. The van der Waals surface area contributed by atoms with E-state index in [1.165, 1.54) is 31.4 Å². The fourth-order valence-corrected chi connectivity index (χ4v) is 3.44. The van der Waals surface area contributed by atoms with E-state index in [2.05, 4.69) is 54.4 Å². The molecule has 0 amide bonds. The third-order valence-corrected chi connectivity index (χ3v) is 4.34. The van der Waals surface area contributed by atoms with Crippen molar-refractivity contribution in [2.75, 3.05) is 13.2 Å². The first-order valence-electron chi connectivity index (χ1n) is 8.35. The van der Waals surface area contributed by atoms with Crippen molar-refractivity contribution >= 4 is 0 Å². The van der Waals surface area contributed by atoms with Crippen molar-refractivity contribution in [2.45, 2.75) is 64.2 Å². The van der Waals surface area contributed by atoms with Crippen molar-refractivity contribution in [3.63, 3.8) is 0 Å². The summed E-state index contributed by atoms with van der Waals surface area (Å²) in [6.45, 7) is 6.83. The Morgan fingerprint density at radius 1 is 1.24 bits per heavy atom. The van der Waals surface area contributed by atoms with Gasteiger partial charge in [-0.2, -0.15) is 0 Å². The van der Waals surface area contributed by atoms with Crippen LogP contribution in [0, 0.1) is 0 Å². The lowest BCUT2D eigenvalue weighted by atomic mass is 9.92. The number of nitrogens with one attached hydrogen (secondary N) is 1. The van der Waals surface area contributed by atoms with E-state index >= 15 is 0 Å². The standard InChI is InChI=1S/C18H30N2O/c1-15(2)19-17(11-13-21)18-10-6-7-12-20(18)14-16-8-4-3-5-9-16/h3-5,8-9,15,17-19,21H,6-7,10-14H2,1-2H3/t17-,18-/m1/s1. The van der Waals surface area contributed by atoms with Crippen LogP contribution in [0.15, 0.2) is 30.3 Å². The molecule has 1 fully saturated rings. The van der Waals surface area contributed by atoms with Gasteiger partial charge in [-0.25, -0.2) is 0 Å². The maximum Gasteiger partial charge on any atom is 0.0446 e. The first kappa shape index (κ1) is 16.5. The highest BCUT2D eigenvalue weighted by Crippen LogP contribution is 2.23. The minimum absolute atomic E-state index is 0.264. The molecule has 0 saturated carbocycles. The van der Waals surface area contributed by atoms with Gasteiger partial charge < -0.3 is 10.4 Å². The Morgan fingerprint density at radius 2 is 2.00 bits per heavy atom. The fourth-order valence-electron chi connectivity index (χ4n) is 3.44. The van der Waals surface area contributed by atoms with E-state index in [1.54, 1.807) is 0 Å². The normalized spacial score (nSPS) is 21.6. The van der Waals surface area contributed by atoms with Crippen molar-refractivity contribution in [2.24, 2.45) is 0 Å². The van der Waals surface area contributed by atoms with Crippen LogP contribution in [0.3, 0.4) is 0 Å². The van der Waals surface area contributed by atoms with Crippen LogP contribution in [-0.2, 0) is 6.54 Å². The Morgan fingerprint density at radius 3 is 2.67 bits per heavy atom. The number of hydrogen-bond acceptors (Lipinski definition) is 3. The quantitative estimate of drug-likeness (QED) is 0.810. The zero-order valence-electron chi connectivity index (χ0n) is 13.5. The molecule has 3 nitrogen and oxygen atoms in total. The van der Waals surface area contributed by atoms with Gasteiger partial charge >= 0.3 is 0 Å². The van der Waals surface area contributed by atoms with Crippen molar-refractivity contribution in [3.05, 3.63) is 35.9 Å². The van der Waals surface area contributed by atoms with Crippen LogP contribution in [0.1, 0.15) is 45.1 Å². The lowest BCUT2D eigenvalue weighted by Gasteiger charge is -2.41. The largest absolute Gasteiger partial charge is 0.396 e. The number of hydrogen-bond donors (Lipinski definition) is 2. The molecule has 1 aromatic carbocycles.